The molecule has 0 saturated carbocycles. The first-order valence-corrected chi connectivity index (χ1v) is 7.34. The highest BCUT2D eigenvalue weighted by Crippen LogP contribution is 2.21. The van der Waals surface area contributed by atoms with Gasteiger partial charge >= 0.3 is 0 Å². The molecule has 19 heavy (non-hydrogen) atoms. The van der Waals surface area contributed by atoms with Gasteiger partial charge in [0.1, 0.15) is 0 Å². The van der Waals surface area contributed by atoms with Gasteiger partial charge in [-0.25, -0.2) is 0 Å². The summed E-state index contributed by atoms with van der Waals surface area (Å²) >= 11 is 0. The van der Waals surface area contributed by atoms with Crippen LogP contribution in [0.2, 0.25) is 0 Å². The first kappa shape index (κ1) is 14.3. The van der Waals surface area contributed by atoms with E-state index in [1.165, 1.54) is 18.4 Å². The summed E-state index contributed by atoms with van der Waals surface area (Å²) in [7, 11) is 0. The molecule has 0 aliphatic carbocycles. The van der Waals surface area contributed by atoms with Crippen LogP contribution in [0.5, 0.6) is 0 Å². The van der Waals surface area contributed by atoms with Crippen LogP contribution < -0.4 is 5.32 Å². The molecule has 1 fully saturated rings. The van der Waals surface area contributed by atoms with Gasteiger partial charge in [-0.3, -0.25) is 4.79 Å². The SMILES string of the molecule is Cc1cc(C)c(C(=O)CC2CCCC(C)N2)c(C)c1. The van der Waals surface area contributed by atoms with E-state index < -0.39 is 0 Å². The summed E-state index contributed by atoms with van der Waals surface area (Å²) in [6, 6.07) is 5.12. The Labute approximate surface area is 116 Å². The lowest BCUT2D eigenvalue weighted by Crippen LogP contribution is -2.41. The van der Waals surface area contributed by atoms with Crippen LogP contribution >= 0.6 is 0 Å². The molecule has 2 atom stereocenters. The third-order valence-corrected chi connectivity index (χ3v) is 4.10. The molecule has 1 aliphatic rings. The third-order valence-electron chi connectivity index (χ3n) is 4.10. The summed E-state index contributed by atoms with van der Waals surface area (Å²) in [5.74, 6) is 0.293. The first-order valence-electron chi connectivity index (χ1n) is 7.34. The van der Waals surface area contributed by atoms with E-state index in [1.54, 1.807) is 0 Å². The molecule has 0 spiro atoms. The molecule has 0 aromatic heterocycles. The van der Waals surface area contributed by atoms with Crippen LogP contribution in [0.4, 0.5) is 0 Å². The average Bonchev–Trinajstić information content (AvgIpc) is 2.27. The van der Waals surface area contributed by atoms with Crippen molar-refractivity contribution < 1.29 is 4.79 Å². The van der Waals surface area contributed by atoms with E-state index in [0.29, 0.717) is 24.3 Å². The van der Waals surface area contributed by atoms with Gasteiger partial charge in [0.25, 0.3) is 0 Å². The molecule has 2 nitrogen and oxygen atoms in total. The normalized spacial score (nSPS) is 23.4. The van der Waals surface area contributed by atoms with Crippen LogP contribution in [-0.2, 0) is 0 Å². The Balaban J connectivity index is 2.12. The predicted octanol–water partition coefficient (Wildman–Crippen LogP) is 3.72. The van der Waals surface area contributed by atoms with Crippen molar-refractivity contribution in [3.05, 3.63) is 34.4 Å². The quantitative estimate of drug-likeness (QED) is 0.838. The number of hydrogen-bond donors (Lipinski definition) is 1. The van der Waals surface area contributed by atoms with Gasteiger partial charge < -0.3 is 5.32 Å². The molecule has 1 aromatic carbocycles. The lowest BCUT2D eigenvalue weighted by atomic mass is 9.90. The van der Waals surface area contributed by atoms with Crippen molar-refractivity contribution in [2.24, 2.45) is 0 Å². The number of ketones is 1. The van der Waals surface area contributed by atoms with Gasteiger partial charge in [0.15, 0.2) is 5.78 Å². The molecule has 1 N–H and O–H groups in total. The maximum atomic E-state index is 12.5. The van der Waals surface area contributed by atoms with E-state index in [1.807, 2.05) is 13.8 Å². The standard InChI is InChI=1S/C17H25NO/c1-11-8-12(2)17(13(3)9-11)16(19)10-15-7-5-6-14(4)18-15/h8-9,14-15,18H,5-7,10H2,1-4H3. The summed E-state index contributed by atoms with van der Waals surface area (Å²) in [6.45, 7) is 8.38. The largest absolute Gasteiger partial charge is 0.311 e. The predicted molar refractivity (Wildman–Crippen MR) is 79.8 cm³/mol. The smallest absolute Gasteiger partial charge is 0.164 e. The van der Waals surface area contributed by atoms with E-state index in [4.69, 9.17) is 0 Å². The minimum atomic E-state index is 0.293. The average molecular weight is 259 g/mol. The molecule has 0 bridgehead atoms. The zero-order valence-corrected chi connectivity index (χ0v) is 12.5. The Kier molecular flexibility index (Phi) is 4.41. The second kappa shape index (κ2) is 5.87. The summed E-state index contributed by atoms with van der Waals surface area (Å²) in [5, 5.41) is 3.55. The molecule has 0 radical (unpaired) electrons. The number of benzene rings is 1. The molecule has 1 heterocycles. The molecular formula is C17H25NO. The second-order valence-corrected chi connectivity index (χ2v) is 6.10. The van der Waals surface area contributed by atoms with E-state index in [-0.39, 0.29) is 0 Å². The fourth-order valence-electron chi connectivity index (χ4n) is 3.35. The molecule has 1 aromatic rings. The van der Waals surface area contributed by atoms with Crippen LogP contribution in [-0.4, -0.2) is 17.9 Å². The monoisotopic (exact) mass is 259 g/mol. The minimum absolute atomic E-state index is 0.293. The Hall–Kier alpha value is -1.15. The van der Waals surface area contributed by atoms with Crippen LogP contribution in [0.3, 0.4) is 0 Å². The number of Topliss-reactive ketones (excluding diaryl/α,β-unsaturated/α-hetero) is 1. The molecule has 1 saturated heterocycles. The molecule has 2 heteroatoms. The van der Waals surface area contributed by atoms with Crippen molar-refractivity contribution in [2.75, 3.05) is 0 Å². The van der Waals surface area contributed by atoms with Gasteiger partial charge in [0.2, 0.25) is 0 Å². The number of aryl methyl sites for hydroxylation is 3. The van der Waals surface area contributed by atoms with Gasteiger partial charge in [0, 0.05) is 24.1 Å². The summed E-state index contributed by atoms with van der Waals surface area (Å²) in [5.41, 5.74) is 4.40. The molecule has 2 unspecified atom stereocenters. The number of rotatable bonds is 3. The van der Waals surface area contributed by atoms with E-state index in [2.05, 4.69) is 31.3 Å². The Morgan fingerprint density at radius 2 is 1.84 bits per heavy atom. The van der Waals surface area contributed by atoms with Crippen molar-refractivity contribution in [3.8, 4) is 0 Å². The van der Waals surface area contributed by atoms with Gasteiger partial charge in [-0.15, -0.1) is 0 Å². The number of carbonyl (C=O) groups is 1. The fraction of sp³-hybridized carbons (Fsp3) is 0.588. The highest BCUT2D eigenvalue weighted by Gasteiger charge is 2.22. The zero-order chi connectivity index (χ0) is 14.0. The van der Waals surface area contributed by atoms with Gasteiger partial charge in [-0.05, 0) is 51.7 Å². The third kappa shape index (κ3) is 3.44. The first-order chi connectivity index (χ1) is 8.97. The van der Waals surface area contributed by atoms with Crippen molar-refractivity contribution in [1.82, 2.24) is 5.32 Å². The minimum Gasteiger partial charge on any atom is -0.311 e. The summed E-state index contributed by atoms with van der Waals surface area (Å²) < 4.78 is 0. The molecule has 2 rings (SSSR count). The lowest BCUT2D eigenvalue weighted by molar-refractivity contribution is 0.0958. The van der Waals surface area contributed by atoms with Crippen LogP contribution in [0, 0.1) is 20.8 Å². The Morgan fingerprint density at radius 1 is 1.21 bits per heavy atom. The molecular weight excluding hydrogens is 234 g/mol. The fourth-order valence-corrected chi connectivity index (χ4v) is 3.35. The van der Waals surface area contributed by atoms with E-state index in [0.717, 1.165) is 23.1 Å². The molecule has 1 aliphatic heterocycles. The highest BCUT2D eigenvalue weighted by molar-refractivity contribution is 5.99. The maximum Gasteiger partial charge on any atom is 0.164 e. The number of carbonyl (C=O) groups excluding carboxylic acids is 1. The van der Waals surface area contributed by atoms with E-state index >= 15 is 0 Å². The van der Waals surface area contributed by atoms with Crippen LogP contribution in [0.1, 0.15) is 59.7 Å². The Morgan fingerprint density at radius 3 is 2.42 bits per heavy atom. The summed E-state index contributed by atoms with van der Waals surface area (Å²) in [4.78, 5) is 12.5. The number of piperidine rings is 1. The molecule has 104 valence electrons. The maximum absolute atomic E-state index is 12.5. The van der Waals surface area contributed by atoms with Crippen LogP contribution in [0.15, 0.2) is 12.1 Å². The van der Waals surface area contributed by atoms with Crippen molar-refractivity contribution >= 4 is 5.78 Å². The van der Waals surface area contributed by atoms with Crippen LogP contribution in [0.25, 0.3) is 0 Å². The second-order valence-electron chi connectivity index (χ2n) is 6.10. The van der Waals surface area contributed by atoms with Crippen molar-refractivity contribution in [3.63, 3.8) is 0 Å². The van der Waals surface area contributed by atoms with Crippen molar-refractivity contribution in [2.45, 2.75) is 65.5 Å². The molecule has 0 amide bonds. The summed E-state index contributed by atoms with van der Waals surface area (Å²) in [6.07, 6.45) is 4.22. The number of hydrogen-bond acceptors (Lipinski definition) is 2. The van der Waals surface area contributed by atoms with Gasteiger partial charge in [-0.1, -0.05) is 24.1 Å². The highest BCUT2D eigenvalue weighted by atomic mass is 16.1. The zero-order valence-electron chi connectivity index (χ0n) is 12.5. The Bertz CT molecular complexity index is 455. The van der Waals surface area contributed by atoms with Gasteiger partial charge in [0.05, 0.1) is 0 Å². The lowest BCUT2D eigenvalue weighted by Gasteiger charge is -2.28. The van der Waals surface area contributed by atoms with E-state index in [9.17, 15) is 4.79 Å². The number of nitrogens with one attached hydrogen (secondary N) is 1. The van der Waals surface area contributed by atoms with Gasteiger partial charge in [-0.2, -0.15) is 0 Å². The van der Waals surface area contributed by atoms with Crippen molar-refractivity contribution in [1.29, 1.82) is 0 Å². The topological polar surface area (TPSA) is 29.1 Å².